The van der Waals surface area contributed by atoms with Crippen molar-refractivity contribution in [3.05, 3.63) is 54.1 Å². The van der Waals surface area contributed by atoms with Crippen LogP contribution in [-0.2, 0) is 14.8 Å². The first-order valence-electron chi connectivity index (χ1n) is 9.40. The molecule has 0 fully saturated rings. The van der Waals surface area contributed by atoms with Crippen LogP contribution < -0.4 is 14.8 Å². The molecule has 7 nitrogen and oxygen atoms in total. The van der Waals surface area contributed by atoms with Gasteiger partial charge in [0.15, 0.2) is 6.10 Å². The Morgan fingerprint density at radius 3 is 2.17 bits per heavy atom. The van der Waals surface area contributed by atoms with Gasteiger partial charge in [-0.15, -0.1) is 0 Å². The lowest BCUT2D eigenvalue weighted by atomic mass is 10.2. The van der Waals surface area contributed by atoms with E-state index in [1.165, 1.54) is 26.2 Å². The van der Waals surface area contributed by atoms with Crippen molar-refractivity contribution in [2.45, 2.75) is 31.3 Å². The highest BCUT2D eigenvalue weighted by Gasteiger charge is 2.18. The monoisotopic (exact) mass is 420 g/mol. The van der Waals surface area contributed by atoms with Gasteiger partial charge >= 0.3 is 0 Å². The van der Waals surface area contributed by atoms with E-state index in [4.69, 9.17) is 9.47 Å². The number of amides is 1. The average Bonchev–Trinajstić information content (AvgIpc) is 2.70. The number of nitrogens with one attached hydrogen (secondary N) is 1. The smallest absolute Gasteiger partial charge is 0.261 e. The molecule has 0 unspecified atom stereocenters. The van der Waals surface area contributed by atoms with Crippen LogP contribution >= 0.6 is 0 Å². The van der Waals surface area contributed by atoms with E-state index in [2.05, 4.69) is 5.32 Å². The summed E-state index contributed by atoms with van der Waals surface area (Å²) < 4.78 is 36.6. The molecule has 0 aromatic heterocycles. The second-order valence-electron chi connectivity index (χ2n) is 6.73. The quantitative estimate of drug-likeness (QED) is 0.597. The number of benzene rings is 2. The molecule has 0 aliphatic rings. The molecule has 0 heterocycles. The molecule has 1 amide bonds. The molecule has 29 heavy (non-hydrogen) atoms. The highest BCUT2D eigenvalue weighted by atomic mass is 32.2. The molecule has 0 spiro atoms. The number of ether oxygens (including phenoxy) is 2. The lowest BCUT2D eigenvalue weighted by molar-refractivity contribution is -0.128. The van der Waals surface area contributed by atoms with Crippen molar-refractivity contribution in [2.24, 2.45) is 0 Å². The molecule has 0 aliphatic heterocycles. The number of rotatable bonds is 10. The fourth-order valence-electron chi connectivity index (χ4n) is 2.48. The van der Waals surface area contributed by atoms with Crippen LogP contribution in [0.5, 0.6) is 11.5 Å². The largest absolute Gasteiger partial charge is 0.492 e. The van der Waals surface area contributed by atoms with Crippen molar-refractivity contribution in [1.29, 1.82) is 0 Å². The van der Waals surface area contributed by atoms with E-state index in [0.29, 0.717) is 24.5 Å². The number of carbonyl (C=O) groups excluding carboxylic acids is 1. The minimum atomic E-state index is -3.46. The molecule has 0 saturated heterocycles. The molecular weight excluding hydrogens is 392 g/mol. The molecule has 2 rings (SSSR count). The van der Waals surface area contributed by atoms with Gasteiger partial charge in [-0.05, 0) is 49.7 Å². The van der Waals surface area contributed by atoms with E-state index in [1.54, 1.807) is 12.1 Å². The van der Waals surface area contributed by atoms with E-state index < -0.39 is 16.1 Å². The van der Waals surface area contributed by atoms with Crippen molar-refractivity contribution >= 4 is 15.9 Å². The standard InChI is InChI=1S/C21H28N2O5S/c1-5-20(28-18-8-6-16(2)7-9-18)21(24)22-14-15-27-17-10-12-19(13-11-17)29(25,26)23(3)4/h6-13,20H,5,14-15H2,1-4H3,(H,22,24)/t20-/m1/s1. The van der Waals surface area contributed by atoms with Crippen LogP contribution in [-0.4, -0.2) is 52.0 Å². The van der Waals surface area contributed by atoms with Crippen LogP contribution in [0.1, 0.15) is 18.9 Å². The topological polar surface area (TPSA) is 84.9 Å². The molecule has 0 bridgehead atoms. The van der Waals surface area contributed by atoms with E-state index in [9.17, 15) is 13.2 Å². The first kappa shape index (κ1) is 22.7. The summed E-state index contributed by atoms with van der Waals surface area (Å²) in [4.78, 5) is 12.5. The summed E-state index contributed by atoms with van der Waals surface area (Å²) in [5.74, 6) is 0.977. The minimum absolute atomic E-state index is 0.196. The summed E-state index contributed by atoms with van der Waals surface area (Å²) in [5.41, 5.74) is 1.12. The molecule has 0 radical (unpaired) electrons. The van der Waals surface area contributed by atoms with Gasteiger partial charge in [-0.3, -0.25) is 4.79 Å². The van der Waals surface area contributed by atoms with Gasteiger partial charge in [0.05, 0.1) is 11.4 Å². The predicted octanol–water partition coefficient (Wildman–Crippen LogP) is 2.60. The van der Waals surface area contributed by atoms with E-state index >= 15 is 0 Å². The van der Waals surface area contributed by atoms with E-state index in [-0.39, 0.29) is 17.4 Å². The van der Waals surface area contributed by atoms with Crippen LogP contribution in [0.3, 0.4) is 0 Å². The third-order valence-corrected chi connectivity index (χ3v) is 6.06. The van der Waals surface area contributed by atoms with E-state index in [0.717, 1.165) is 9.87 Å². The van der Waals surface area contributed by atoms with Gasteiger partial charge in [-0.25, -0.2) is 12.7 Å². The van der Waals surface area contributed by atoms with Crippen molar-refractivity contribution in [2.75, 3.05) is 27.2 Å². The Morgan fingerprint density at radius 1 is 1.03 bits per heavy atom. The Bertz CT molecular complexity index is 894. The molecule has 1 atom stereocenters. The van der Waals surface area contributed by atoms with E-state index in [1.807, 2.05) is 38.1 Å². The van der Waals surface area contributed by atoms with Gasteiger partial charge in [-0.1, -0.05) is 24.6 Å². The summed E-state index contributed by atoms with van der Waals surface area (Å²) in [7, 11) is -0.503. The summed E-state index contributed by atoms with van der Waals surface area (Å²) in [6.07, 6.45) is -0.0317. The fraction of sp³-hybridized carbons (Fsp3) is 0.381. The Morgan fingerprint density at radius 2 is 1.62 bits per heavy atom. The molecule has 2 aromatic carbocycles. The molecule has 0 aliphatic carbocycles. The van der Waals surface area contributed by atoms with Gasteiger partial charge in [-0.2, -0.15) is 0 Å². The van der Waals surface area contributed by atoms with Crippen LogP contribution in [0.2, 0.25) is 0 Å². The van der Waals surface area contributed by atoms with Crippen LogP contribution in [0.4, 0.5) is 0 Å². The maximum Gasteiger partial charge on any atom is 0.261 e. The van der Waals surface area contributed by atoms with Crippen LogP contribution in [0, 0.1) is 6.92 Å². The molecule has 158 valence electrons. The summed E-state index contributed by atoms with van der Waals surface area (Å²) in [6, 6.07) is 13.7. The zero-order chi connectivity index (χ0) is 21.4. The van der Waals surface area contributed by atoms with Gasteiger partial charge in [0.2, 0.25) is 10.0 Å². The third-order valence-electron chi connectivity index (χ3n) is 4.23. The number of hydrogen-bond acceptors (Lipinski definition) is 5. The van der Waals surface area contributed by atoms with Crippen molar-refractivity contribution in [3.63, 3.8) is 0 Å². The lowest BCUT2D eigenvalue weighted by Gasteiger charge is -2.17. The number of sulfonamides is 1. The number of aryl methyl sites for hydroxylation is 1. The Balaban J connectivity index is 1.80. The number of nitrogens with zero attached hydrogens (tertiary/aromatic N) is 1. The van der Waals surface area contributed by atoms with Crippen molar-refractivity contribution < 1.29 is 22.7 Å². The second kappa shape index (κ2) is 10.3. The Kier molecular flexibility index (Phi) is 8.04. The van der Waals surface area contributed by atoms with Gasteiger partial charge in [0, 0.05) is 14.1 Å². The number of hydrogen-bond donors (Lipinski definition) is 1. The highest BCUT2D eigenvalue weighted by Crippen LogP contribution is 2.18. The fourth-order valence-corrected chi connectivity index (χ4v) is 3.38. The average molecular weight is 421 g/mol. The zero-order valence-electron chi connectivity index (χ0n) is 17.2. The molecule has 0 saturated carbocycles. The van der Waals surface area contributed by atoms with Gasteiger partial charge in [0.25, 0.3) is 5.91 Å². The molecule has 8 heteroatoms. The second-order valence-corrected chi connectivity index (χ2v) is 8.88. The summed E-state index contributed by atoms with van der Waals surface area (Å²) in [5, 5.41) is 2.79. The maximum atomic E-state index is 12.3. The Hall–Kier alpha value is -2.58. The van der Waals surface area contributed by atoms with Crippen LogP contribution in [0.25, 0.3) is 0 Å². The Labute approximate surface area is 172 Å². The van der Waals surface area contributed by atoms with Gasteiger partial charge in [0.1, 0.15) is 18.1 Å². The van der Waals surface area contributed by atoms with Crippen molar-refractivity contribution in [3.8, 4) is 11.5 Å². The zero-order valence-corrected chi connectivity index (χ0v) is 18.0. The van der Waals surface area contributed by atoms with Gasteiger partial charge < -0.3 is 14.8 Å². The summed E-state index contributed by atoms with van der Waals surface area (Å²) in [6.45, 7) is 4.44. The predicted molar refractivity (Wildman–Crippen MR) is 112 cm³/mol. The molecule has 2 aromatic rings. The molecular formula is C21H28N2O5S. The van der Waals surface area contributed by atoms with Crippen LogP contribution in [0.15, 0.2) is 53.4 Å². The maximum absolute atomic E-state index is 12.3. The third kappa shape index (κ3) is 6.47. The summed E-state index contributed by atoms with van der Waals surface area (Å²) >= 11 is 0. The lowest BCUT2D eigenvalue weighted by Crippen LogP contribution is -2.39. The minimum Gasteiger partial charge on any atom is -0.492 e. The normalized spacial score (nSPS) is 12.4. The molecule has 1 N–H and O–H groups in total. The first-order chi connectivity index (χ1) is 13.7. The number of carbonyl (C=O) groups is 1. The first-order valence-corrected chi connectivity index (χ1v) is 10.8. The van der Waals surface area contributed by atoms with Crippen molar-refractivity contribution in [1.82, 2.24) is 9.62 Å². The SMILES string of the molecule is CC[C@@H](Oc1ccc(C)cc1)C(=O)NCCOc1ccc(S(=O)(=O)N(C)C)cc1. The highest BCUT2D eigenvalue weighted by molar-refractivity contribution is 7.89.